The Morgan fingerprint density at radius 3 is 0.857 bits per heavy atom. The van der Waals surface area contributed by atoms with Crippen molar-refractivity contribution < 1.29 is 28.8 Å². The number of piperazine rings is 6. The molecule has 686 valence electrons. The Kier molecular flexibility index (Phi) is 35.3. The third-order valence-corrected chi connectivity index (χ3v) is 30.3. The molecule has 6 aliphatic heterocycles. The van der Waals surface area contributed by atoms with Gasteiger partial charge >= 0.3 is 0 Å². The first-order valence-corrected chi connectivity index (χ1v) is 46.7. The molecule has 0 radical (unpaired) electrons. The van der Waals surface area contributed by atoms with E-state index in [1.165, 1.54) is 103 Å². The molecule has 6 saturated heterocycles. The predicted octanol–water partition coefficient (Wildman–Crippen LogP) is 13.2. The van der Waals surface area contributed by atoms with Crippen LogP contribution in [0.2, 0.25) is 0 Å². The van der Waals surface area contributed by atoms with Crippen LogP contribution in [0.3, 0.4) is 0 Å². The number of rotatable bonds is 18. The molecule has 25 nitrogen and oxygen atoms in total. The van der Waals surface area contributed by atoms with Crippen LogP contribution >= 0.6 is 0 Å². The van der Waals surface area contributed by atoms with Crippen LogP contribution in [-0.4, -0.2) is 324 Å². The van der Waals surface area contributed by atoms with Gasteiger partial charge in [0, 0.05) is 143 Å². The molecule has 4 aliphatic carbocycles. The number of nitrogens with zero attached hydrogens (tertiary/aromatic N) is 16. The maximum atomic E-state index is 14.1. The fourth-order valence-corrected chi connectivity index (χ4v) is 20.4. The van der Waals surface area contributed by atoms with Crippen LogP contribution in [0.15, 0.2) is 0 Å². The molecule has 10 fully saturated rings. The van der Waals surface area contributed by atoms with Gasteiger partial charge in [-0.05, 0) is 279 Å². The topological polar surface area (TPSA) is 219 Å². The largest absolute Gasteiger partial charge is 0.353 e. The van der Waals surface area contributed by atoms with Crippen molar-refractivity contribution in [3.8, 4) is 0 Å². The van der Waals surface area contributed by atoms with Crippen molar-refractivity contribution >= 4 is 53.3 Å². The Hall–Kier alpha value is -5.05. The number of likely N-dealkylation sites (N-methyl/N-ethyl adjacent to an activating group) is 7. The molecule has 0 bridgehead atoms. The van der Waals surface area contributed by atoms with Crippen LogP contribution in [0.1, 0.15) is 328 Å². The van der Waals surface area contributed by atoms with Crippen molar-refractivity contribution in [2.75, 3.05) is 149 Å². The van der Waals surface area contributed by atoms with Crippen molar-refractivity contribution in [1.82, 2.24) is 79.9 Å². The van der Waals surface area contributed by atoms with E-state index in [1.807, 2.05) is 100 Å². The molecular weight excluding hydrogens is 1490 g/mol. The summed E-state index contributed by atoms with van der Waals surface area (Å²) in [6.07, 6.45) is 27.1. The highest BCUT2D eigenvalue weighted by Crippen LogP contribution is 2.39. The molecule has 119 heavy (non-hydrogen) atoms. The van der Waals surface area contributed by atoms with Crippen LogP contribution in [-0.2, 0) is 28.8 Å². The van der Waals surface area contributed by atoms with Crippen molar-refractivity contribution in [2.45, 2.75) is 419 Å². The molecule has 1 aromatic heterocycles. The van der Waals surface area contributed by atoms with E-state index < -0.39 is 11.1 Å². The quantitative estimate of drug-likeness (QED) is 0.124. The minimum absolute atomic E-state index is 0.0530. The summed E-state index contributed by atoms with van der Waals surface area (Å²) >= 11 is 0. The standard InChI is InChI=1S/C46H82N10O2.C12H24N2O.C10H20N2O.2C9H18N2O.C8H17N/c1-12-28-54(35-22-16-13-17-23-35)40-47-41(55(36-24-18-14-19-25-36)31-29-52-33-43(2,3)50(10)45(6,7)38(52)57)49-42(48-40)56(37-26-20-15-21-27-37)32-30-53-34-44(4,5)51(11)46(8,9)39(53)58;1-7-8-14-9-11(2,3)13(6)12(4,5)10(14)15;1-9(2)7-11(5)8(13)10(3,4)12(9)6;2*1-8(2)6-10-7(12)9(3,4)11(8)5;1-2-9-8-6-4-3-5-7-8/h35-37H,12-34H2,1-11H3;7-9H2,1-6H3;7H2,1-6H3;2*6H2,1-5H3,(H,10,12);8-9H,2-7H2,1H3. The molecule has 0 spiro atoms. The van der Waals surface area contributed by atoms with E-state index >= 15 is 0 Å². The van der Waals surface area contributed by atoms with Crippen LogP contribution < -0.4 is 30.7 Å². The average molecular weight is 1670 g/mol. The summed E-state index contributed by atoms with van der Waals surface area (Å²) in [5.41, 5.74) is -2.75. The Morgan fingerprint density at radius 1 is 0.319 bits per heavy atom. The zero-order valence-electron chi connectivity index (χ0n) is 82.7. The van der Waals surface area contributed by atoms with Gasteiger partial charge in [-0.25, -0.2) is 0 Å². The summed E-state index contributed by atoms with van der Waals surface area (Å²) in [7, 11) is 14.1. The third-order valence-electron chi connectivity index (χ3n) is 30.3. The number of hydrogen-bond acceptors (Lipinski definition) is 19. The first-order valence-electron chi connectivity index (χ1n) is 46.7. The number of aromatic nitrogens is 3. The monoisotopic (exact) mass is 1670 g/mol. The summed E-state index contributed by atoms with van der Waals surface area (Å²) in [4.78, 5) is 120. The van der Waals surface area contributed by atoms with Crippen molar-refractivity contribution in [2.24, 2.45) is 0 Å². The lowest BCUT2D eigenvalue weighted by Crippen LogP contribution is -2.70. The van der Waals surface area contributed by atoms with Gasteiger partial charge < -0.3 is 50.2 Å². The number of carbonyl (C=O) groups is 6. The second-order valence-corrected chi connectivity index (χ2v) is 43.9. The van der Waals surface area contributed by atoms with Gasteiger partial charge in [0.25, 0.3) is 0 Å². The molecule has 25 heteroatoms. The number of anilines is 3. The first kappa shape index (κ1) is 103. The van der Waals surface area contributed by atoms with E-state index in [4.69, 9.17) is 15.0 Å². The zero-order valence-corrected chi connectivity index (χ0v) is 82.7. The Labute approximate surface area is 726 Å². The molecule has 1 aromatic rings. The highest BCUT2D eigenvalue weighted by molar-refractivity contribution is 5.89. The van der Waals surface area contributed by atoms with Gasteiger partial charge in [0.1, 0.15) is 0 Å². The van der Waals surface area contributed by atoms with Crippen LogP contribution in [0.25, 0.3) is 0 Å². The average Bonchev–Trinajstić information content (AvgIpc) is 0.747. The normalized spacial score (nSPS) is 25.8. The Bertz CT molecular complexity index is 3310. The molecule has 4 saturated carbocycles. The first-order chi connectivity index (χ1) is 54.8. The summed E-state index contributed by atoms with van der Waals surface area (Å²) < 4.78 is 0. The van der Waals surface area contributed by atoms with Crippen LogP contribution in [0.5, 0.6) is 0 Å². The van der Waals surface area contributed by atoms with Crippen LogP contribution in [0.4, 0.5) is 17.8 Å². The molecule has 0 unspecified atom stereocenters. The second kappa shape index (κ2) is 40.9. The summed E-state index contributed by atoms with van der Waals surface area (Å²) in [6.45, 7) is 66.9. The van der Waals surface area contributed by atoms with Gasteiger partial charge in [0.2, 0.25) is 53.3 Å². The molecule has 6 amide bonds. The lowest BCUT2D eigenvalue weighted by atomic mass is 9.87. The van der Waals surface area contributed by atoms with Gasteiger partial charge in [0.05, 0.1) is 33.2 Å². The third kappa shape index (κ3) is 24.6. The van der Waals surface area contributed by atoms with E-state index in [0.29, 0.717) is 57.4 Å². The van der Waals surface area contributed by atoms with Gasteiger partial charge in [-0.15, -0.1) is 0 Å². The van der Waals surface area contributed by atoms with Crippen LogP contribution in [0, 0.1) is 0 Å². The molecule has 10 aliphatic rings. The van der Waals surface area contributed by atoms with Crippen molar-refractivity contribution in [1.29, 1.82) is 0 Å². The fraction of sp³-hybridized carbons (Fsp3) is 0.904. The minimum Gasteiger partial charge on any atom is -0.353 e. The maximum absolute atomic E-state index is 14.1. The van der Waals surface area contributed by atoms with Crippen molar-refractivity contribution in [3.05, 3.63) is 0 Å². The second-order valence-electron chi connectivity index (χ2n) is 43.9. The van der Waals surface area contributed by atoms with E-state index in [-0.39, 0.29) is 90.8 Å². The van der Waals surface area contributed by atoms with Gasteiger partial charge in [0.15, 0.2) is 0 Å². The van der Waals surface area contributed by atoms with Gasteiger partial charge in [-0.3, -0.25) is 58.2 Å². The minimum atomic E-state index is -0.582. The predicted molar refractivity (Wildman–Crippen MR) is 493 cm³/mol. The Balaban J connectivity index is 0.000000284. The highest BCUT2D eigenvalue weighted by Gasteiger charge is 2.53. The highest BCUT2D eigenvalue weighted by atomic mass is 16.2. The molecule has 0 atom stereocenters. The summed E-state index contributed by atoms with van der Waals surface area (Å²) in [5, 5.41) is 9.31. The van der Waals surface area contributed by atoms with E-state index in [0.717, 1.165) is 108 Å². The zero-order chi connectivity index (χ0) is 90.0. The number of carbonyl (C=O) groups excluding carboxylic acids is 6. The SMILES string of the molecule is CCCN(c1nc(N(CCN2CC(C)(C)N(C)C(C)(C)C2=O)C2CCCCC2)nc(N(CCN2CC(C)(C)N(C)C(C)(C)C2=O)C2CCCCC2)n1)C1CCCCC1.CCCN1CC(C)(C)N(C)C(C)(C)C1=O.CCNC1CCCCC1.CN1C(C)(C)CNC(=O)C1(C)C.CN1C(C)(C)CNC(=O)C1(C)C.CN1CC(C)(C)N(C)C(C)(C)C1=O. The summed E-state index contributed by atoms with van der Waals surface area (Å²) in [6, 6.07) is 1.89. The summed E-state index contributed by atoms with van der Waals surface area (Å²) in [5.74, 6) is 3.41. The molecule has 0 aromatic carbocycles. The number of amides is 6. The lowest BCUT2D eigenvalue weighted by molar-refractivity contribution is -0.157. The van der Waals surface area contributed by atoms with E-state index in [2.05, 4.69) is 215 Å². The molecule has 11 rings (SSSR count). The smallest absolute Gasteiger partial charge is 0.242 e. The molecule has 7 heterocycles. The molecular formula is C94H179N19O6. The van der Waals surface area contributed by atoms with E-state index in [1.54, 1.807) is 0 Å². The fourth-order valence-electron chi connectivity index (χ4n) is 20.4. The van der Waals surface area contributed by atoms with Gasteiger partial charge in [-0.1, -0.05) is 97.8 Å². The Morgan fingerprint density at radius 2 is 0.580 bits per heavy atom. The maximum Gasteiger partial charge on any atom is 0.242 e. The van der Waals surface area contributed by atoms with Gasteiger partial charge in [-0.2, -0.15) is 15.0 Å². The number of nitrogens with one attached hydrogen (secondary N) is 3. The van der Waals surface area contributed by atoms with E-state index in [9.17, 15) is 28.8 Å². The number of hydrogen-bond donors (Lipinski definition) is 3. The molecule has 3 N–H and O–H groups in total. The van der Waals surface area contributed by atoms with Crippen molar-refractivity contribution in [3.63, 3.8) is 0 Å². The lowest BCUT2D eigenvalue weighted by Gasteiger charge is -2.54.